The van der Waals surface area contributed by atoms with Crippen molar-refractivity contribution < 1.29 is 22.4 Å². The van der Waals surface area contributed by atoms with Gasteiger partial charge in [-0.15, -0.1) is 0 Å². The van der Waals surface area contributed by atoms with Crippen LogP contribution < -0.4 is 16.1 Å². The number of carbonyl (C=O) groups excluding carboxylic acids is 1. The summed E-state index contributed by atoms with van der Waals surface area (Å²) in [5, 5.41) is -0.128. The lowest BCUT2D eigenvalue weighted by atomic mass is 10.1. The van der Waals surface area contributed by atoms with Gasteiger partial charge in [0.15, 0.2) is 11.6 Å². The summed E-state index contributed by atoms with van der Waals surface area (Å²) in [4.78, 5) is 33.0. The number of hydrogen-bond donors (Lipinski definition) is 1. The predicted octanol–water partition coefficient (Wildman–Crippen LogP) is 2.84. The zero-order chi connectivity index (χ0) is 24.6. The van der Waals surface area contributed by atoms with Crippen LogP contribution in [0.15, 0.2) is 41.3 Å². The van der Waals surface area contributed by atoms with Crippen molar-refractivity contribution in [2.24, 2.45) is 5.73 Å². The number of aromatic nitrogens is 2. The van der Waals surface area contributed by atoms with E-state index in [9.17, 15) is 22.8 Å². The first-order valence-electron chi connectivity index (χ1n) is 10.7. The maximum atomic E-state index is 15.1. The van der Waals surface area contributed by atoms with Crippen LogP contribution >= 0.6 is 0 Å². The molecule has 0 bridgehead atoms. The van der Waals surface area contributed by atoms with Gasteiger partial charge in [0.1, 0.15) is 11.2 Å². The van der Waals surface area contributed by atoms with Crippen molar-refractivity contribution in [3.63, 3.8) is 0 Å². The Morgan fingerprint density at radius 3 is 2.47 bits per heavy atom. The van der Waals surface area contributed by atoms with Crippen LogP contribution in [0.4, 0.5) is 23.4 Å². The highest BCUT2D eigenvalue weighted by atomic mass is 19.4. The second-order valence-corrected chi connectivity index (χ2v) is 8.37. The quantitative estimate of drug-likeness (QED) is 0.585. The van der Waals surface area contributed by atoms with E-state index in [4.69, 9.17) is 5.73 Å². The molecule has 0 radical (unpaired) electrons. The van der Waals surface area contributed by atoms with E-state index < -0.39 is 28.9 Å². The van der Waals surface area contributed by atoms with Gasteiger partial charge in [0, 0.05) is 32.4 Å². The second kappa shape index (κ2) is 9.05. The Morgan fingerprint density at radius 2 is 1.82 bits per heavy atom. The van der Waals surface area contributed by atoms with E-state index >= 15 is 4.39 Å². The van der Waals surface area contributed by atoms with Gasteiger partial charge >= 0.3 is 6.18 Å². The number of nitrogens with zero attached hydrogens (tertiary/aromatic N) is 4. The lowest BCUT2D eigenvalue weighted by molar-refractivity contribution is -0.137. The highest BCUT2D eigenvalue weighted by Gasteiger charge is 2.30. The zero-order valence-electron chi connectivity index (χ0n) is 18.4. The van der Waals surface area contributed by atoms with E-state index in [0.29, 0.717) is 25.2 Å². The Bertz CT molecular complexity index is 1290. The molecule has 2 N–H and O–H groups in total. The van der Waals surface area contributed by atoms with Crippen molar-refractivity contribution in [2.75, 3.05) is 38.1 Å². The number of amides is 1. The molecular weight excluding hydrogens is 454 g/mol. The van der Waals surface area contributed by atoms with Crippen molar-refractivity contribution in [3.05, 3.63) is 69.3 Å². The van der Waals surface area contributed by atoms with E-state index in [2.05, 4.69) is 9.88 Å². The number of primary amides is 1. The number of nitrogens with two attached hydrogens (primary N) is 1. The Kier molecular flexibility index (Phi) is 6.30. The van der Waals surface area contributed by atoms with E-state index in [0.717, 1.165) is 31.2 Å². The first kappa shape index (κ1) is 23.7. The van der Waals surface area contributed by atoms with E-state index in [1.165, 1.54) is 22.9 Å². The third-order valence-electron chi connectivity index (χ3n) is 5.90. The molecule has 0 atom stereocenters. The fraction of sp³-hybridized carbons (Fsp3) is 0.348. The molecule has 11 heteroatoms. The summed E-state index contributed by atoms with van der Waals surface area (Å²) >= 11 is 0. The largest absolute Gasteiger partial charge is 0.416 e. The van der Waals surface area contributed by atoms with Gasteiger partial charge in [0.05, 0.1) is 10.9 Å². The topological polar surface area (TPSA) is 84.5 Å². The van der Waals surface area contributed by atoms with Crippen LogP contribution in [0, 0.1) is 5.82 Å². The standard InChI is InChI=1S/C23H23F4N5O2/c1-30-7-2-8-31(10-9-30)22-18(24)11-16-19(33)17(20(28)34)13-32(21(16)29-22)12-14-3-5-15(6-4-14)23(25,26)27/h3-6,11,13H,2,7-10,12H2,1H3,(H2,28,34). The first-order chi connectivity index (χ1) is 16.0. The Balaban J connectivity index is 1.82. The highest BCUT2D eigenvalue weighted by molar-refractivity contribution is 5.95. The molecule has 1 saturated heterocycles. The number of likely N-dealkylation sites (N-methyl/N-ethyl adjacent to an activating group) is 1. The highest BCUT2D eigenvalue weighted by Crippen LogP contribution is 2.29. The van der Waals surface area contributed by atoms with Crippen molar-refractivity contribution in [1.29, 1.82) is 0 Å². The molecule has 0 spiro atoms. The Labute approximate surface area is 192 Å². The molecule has 180 valence electrons. The van der Waals surface area contributed by atoms with Crippen molar-refractivity contribution in [3.8, 4) is 0 Å². The summed E-state index contributed by atoms with van der Waals surface area (Å²) in [5.41, 5.74) is 4.03. The number of anilines is 1. The summed E-state index contributed by atoms with van der Waals surface area (Å²) in [6.07, 6.45) is -2.46. The fourth-order valence-corrected chi connectivity index (χ4v) is 4.05. The summed E-state index contributed by atoms with van der Waals surface area (Å²) in [6.45, 7) is 2.66. The summed E-state index contributed by atoms with van der Waals surface area (Å²) < 4.78 is 55.2. The number of pyridine rings is 2. The predicted molar refractivity (Wildman–Crippen MR) is 119 cm³/mol. The smallest absolute Gasteiger partial charge is 0.365 e. The summed E-state index contributed by atoms with van der Waals surface area (Å²) in [6, 6.07) is 5.53. The number of alkyl halides is 3. The number of carbonyl (C=O) groups is 1. The van der Waals surface area contributed by atoms with E-state index in [1.807, 2.05) is 7.05 Å². The van der Waals surface area contributed by atoms with Gasteiger partial charge in [0.25, 0.3) is 5.91 Å². The molecule has 1 aliphatic heterocycles. The number of rotatable bonds is 4. The van der Waals surface area contributed by atoms with Gasteiger partial charge < -0.3 is 20.1 Å². The van der Waals surface area contributed by atoms with Gasteiger partial charge in [0.2, 0.25) is 5.43 Å². The third-order valence-corrected chi connectivity index (χ3v) is 5.90. The van der Waals surface area contributed by atoms with Crippen LogP contribution in [0.5, 0.6) is 0 Å². The van der Waals surface area contributed by atoms with E-state index in [-0.39, 0.29) is 29.0 Å². The van der Waals surface area contributed by atoms with Gasteiger partial charge in [-0.3, -0.25) is 9.59 Å². The van der Waals surface area contributed by atoms with Crippen LogP contribution in [0.25, 0.3) is 11.0 Å². The van der Waals surface area contributed by atoms with Crippen LogP contribution in [0.1, 0.15) is 27.9 Å². The van der Waals surface area contributed by atoms with Crippen molar-refractivity contribution >= 4 is 22.8 Å². The average molecular weight is 477 g/mol. The average Bonchev–Trinajstić information content (AvgIpc) is 2.99. The molecular formula is C23H23F4N5O2. The number of hydrogen-bond acceptors (Lipinski definition) is 5. The fourth-order valence-electron chi connectivity index (χ4n) is 4.05. The van der Waals surface area contributed by atoms with Crippen LogP contribution in [0.3, 0.4) is 0 Å². The lowest BCUT2D eigenvalue weighted by Crippen LogP contribution is -2.31. The molecule has 4 rings (SSSR count). The lowest BCUT2D eigenvalue weighted by Gasteiger charge is -2.23. The Hall–Kier alpha value is -3.47. The SMILES string of the molecule is CN1CCCN(c2nc3c(cc2F)c(=O)c(C(N)=O)cn3Cc2ccc(C(F)(F)F)cc2)CC1. The maximum Gasteiger partial charge on any atom is 0.416 e. The number of benzene rings is 1. The van der Waals surface area contributed by atoms with Gasteiger partial charge in [-0.1, -0.05) is 12.1 Å². The van der Waals surface area contributed by atoms with Gasteiger partial charge in [-0.25, -0.2) is 9.37 Å². The van der Waals surface area contributed by atoms with Crippen LogP contribution in [-0.2, 0) is 12.7 Å². The Morgan fingerprint density at radius 1 is 1.12 bits per heavy atom. The molecule has 3 aromatic rings. The minimum absolute atomic E-state index is 0.00396. The molecule has 1 aromatic carbocycles. The molecule has 3 heterocycles. The molecule has 34 heavy (non-hydrogen) atoms. The van der Waals surface area contributed by atoms with Gasteiger partial charge in [-0.05, 0) is 43.8 Å². The van der Waals surface area contributed by atoms with Crippen molar-refractivity contribution in [2.45, 2.75) is 19.1 Å². The number of fused-ring (bicyclic) bond motifs is 1. The molecule has 1 fully saturated rings. The normalized spacial score (nSPS) is 15.5. The summed E-state index contributed by atoms with van der Waals surface area (Å²) in [7, 11) is 1.97. The molecule has 0 saturated carbocycles. The minimum atomic E-state index is -4.48. The monoisotopic (exact) mass is 477 g/mol. The molecule has 0 unspecified atom stereocenters. The second-order valence-electron chi connectivity index (χ2n) is 8.37. The molecule has 1 aliphatic rings. The maximum absolute atomic E-state index is 15.1. The molecule has 2 aromatic heterocycles. The molecule has 7 nitrogen and oxygen atoms in total. The molecule has 1 amide bonds. The third kappa shape index (κ3) is 4.74. The number of halogens is 4. The van der Waals surface area contributed by atoms with Crippen LogP contribution in [0.2, 0.25) is 0 Å². The molecule has 0 aliphatic carbocycles. The first-order valence-corrected chi connectivity index (χ1v) is 10.7. The minimum Gasteiger partial charge on any atom is -0.365 e. The summed E-state index contributed by atoms with van der Waals surface area (Å²) in [5.74, 6) is -1.61. The van der Waals surface area contributed by atoms with Gasteiger partial charge in [-0.2, -0.15) is 13.2 Å². The van der Waals surface area contributed by atoms with Crippen molar-refractivity contribution in [1.82, 2.24) is 14.5 Å². The van der Waals surface area contributed by atoms with E-state index in [1.54, 1.807) is 4.90 Å². The zero-order valence-corrected chi connectivity index (χ0v) is 18.4. The van der Waals surface area contributed by atoms with Crippen LogP contribution in [-0.4, -0.2) is 53.6 Å².